The highest BCUT2D eigenvalue weighted by atomic mass is 19.1. The molecule has 0 saturated carbocycles. The second-order valence-electron chi connectivity index (χ2n) is 23.8. The molecule has 0 aliphatic carbocycles. The first-order chi connectivity index (χ1) is 48.6. The SMILES string of the molecule is CC1CN(c2ncccc2[N+](=O)[O-])CCN1CC#Cc1ccccc1.Cc1ccc(C#CCN2CCN(c3ccccc3[N+](=O)[O-])CC2)cc1.O=[N+]([O-])c1ccccc1N1CCN(CC#Cc2ccc(F)cc2)CC1.O=[N+]([O-])c1ccccc1N1CCN(CC#Cc2ccccc2F)CC1. The van der Waals surface area contributed by atoms with E-state index in [2.05, 4.69) is 103 Å². The van der Waals surface area contributed by atoms with Crippen molar-refractivity contribution in [3.63, 3.8) is 0 Å². The maximum absolute atomic E-state index is 13.5. The first kappa shape index (κ1) is 72.7. The lowest BCUT2D eigenvalue weighted by Gasteiger charge is -2.39. The topological polar surface area (TPSA) is 211 Å². The average molecular weight is 1350 g/mol. The molecular formula is C77H77F2N13O8. The summed E-state index contributed by atoms with van der Waals surface area (Å²) in [5.41, 5.74) is 7.02. The number of rotatable bonds is 12. The number of para-hydroxylation sites is 6. The van der Waals surface area contributed by atoms with Gasteiger partial charge in [0.15, 0.2) is 0 Å². The number of piperazine rings is 4. The van der Waals surface area contributed by atoms with Crippen LogP contribution in [0.2, 0.25) is 0 Å². The molecule has 8 aromatic rings. The van der Waals surface area contributed by atoms with Gasteiger partial charge in [-0.1, -0.05) is 132 Å². The molecule has 1 unspecified atom stereocenters. The van der Waals surface area contributed by atoms with Crippen LogP contribution in [0.25, 0.3) is 0 Å². The van der Waals surface area contributed by atoms with E-state index in [0.717, 1.165) is 95.2 Å². The van der Waals surface area contributed by atoms with Crippen LogP contribution in [-0.2, 0) is 0 Å². The molecule has 0 N–H and O–H groups in total. The van der Waals surface area contributed by atoms with E-state index in [4.69, 9.17) is 0 Å². The average Bonchev–Trinajstić information content (AvgIpc) is 0.837. The third-order valence-electron chi connectivity index (χ3n) is 17.1. The van der Waals surface area contributed by atoms with Crippen molar-refractivity contribution in [2.75, 3.05) is 144 Å². The zero-order valence-electron chi connectivity index (χ0n) is 55.8. The number of benzene rings is 7. The van der Waals surface area contributed by atoms with Crippen LogP contribution in [0.4, 0.5) is 54.4 Å². The van der Waals surface area contributed by atoms with E-state index in [1.54, 1.807) is 79.0 Å². The molecule has 4 fully saturated rings. The Kier molecular flexibility index (Phi) is 27.1. The fourth-order valence-corrected chi connectivity index (χ4v) is 11.5. The number of nitro benzene ring substituents is 3. The van der Waals surface area contributed by atoms with Crippen molar-refractivity contribution in [2.45, 2.75) is 19.9 Å². The van der Waals surface area contributed by atoms with Crippen molar-refractivity contribution in [3.05, 3.63) is 274 Å². The highest BCUT2D eigenvalue weighted by Gasteiger charge is 2.30. The van der Waals surface area contributed by atoms with Gasteiger partial charge in [-0.3, -0.25) is 60.1 Å². The predicted octanol–water partition coefficient (Wildman–Crippen LogP) is 11.4. The highest BCUT2D eigenvalue weighted by molar-refractivity contribution is 5.65. The van der Waals surface area contributed by atoms with Crippen molar-refractivity contribution in [2.24, 2.45) is 0 Å². The third kappa shape index (κ3) is 21.7. The van der Waals surface area contributed by atoms with Crippen molar-refractivity contribution in [1.29, 1.82) is 0 Å². The van der Waals surface area contributed by atoms with E-state index in [1.165, 1.54) is 42.0 Å². The summed E-state index contributed by atoms with van der Waals surface area (Å²) in [6, 6.07) is 54.6. The molecule has 0 bridgehead atoms. The molecule has 12 rings (SSSR count). The van der Waals surface area contributed by atoms with Gasteiger partial charge in [-0.05, 0) is 98.8 Å². The van der Waals surface area contributed by atoms with Gasteiger partial charge in [-0.25, -0.2) is 13.8 Å². The molecular weight excluding hydrogens is 1270 g/mol. The minimum absolute atomic E-state index is 0.0621. The molecule has 5 heterocycles. The van der Waals surface area contributed by atoms with Crippen LogP contribution in [0.1, 0.15) is 34.7 Å². The zero-order valence-corrected chi connectivity index (χ0v) is 55.8. The number of hydrogen-bond donors (Lipinski definition) is 0. The maximum atomic E-state index is 13.5. The van der Waals surface area contributed by atoms with E-state index in [0.29, 0.717) is 74.3 Å². The van der Waals surface area contributed by atoms with Crippen molar-refractivity contribution in [1.82, 2.24) is 24.6 Å². The lowest BCUT2D eigenvalue weighted by Crippen LogP contribution is -2.52. The Labute approximate surface area is 581 Å². The molecule has 0 amide bonds. The van der Waals surface area contributed by atoms with E-state index in [-0.39, 0.29) is 60.1 Å². The lowest BCUT2D eigenvalue weighted by atomic mass is 10.1. The molecule has 21 nitrogen and oxygen atoms in total. The van der Waals surface area contributed by atoms with Crippen LogP contribution >= 0.6 is 0 Å². The van der Waals surface area contributed by atoms with E-state index < -0.39 is 0 Å². The van der Waals surface area contributed by atoms with Crippen LogP contribution in [0.3, 0.4) is 0 Å². The monoisotopic (exact) mass is 1350 g/mol. The summed E-state index contributed by atoms with van der Waals surface area (Å²) in [7, 11) is 0. The second-order valence-corrected chi connectivity index (χ2v) is 23.8. The number of halogens is 2. The molecule has 0 spiro atoms. The van der Waals surface area contributed by atoms with Gasteiger partial charge in [0.05, 0.1) is 51.4 Å². The molecule has 1 aromatic heterocycles. The fraction of sp³-hybridized carbons (Fsp3) is 0.286. The number of aryl methyl sites for hydroxylation is 1. The molecule has 7 aromatic carbocycles. The minimum atomic E-state index is -0.370. The minimum Gasteiger partial charge on any atom is -0.363 e. The standard InChI is InChI=1S/C20H21N3O2.2C19H18FN3O2.C19H20N4O2/c1-17-8-10-18(11-9-17)5-4-12-21-13-15-22(16-14-21)19-6-2-3-7-20(19)23(24)25;20-17-8-2-1-6-16(17)7-5-11-21-12-14-22(15-13-21)18-9-3-4-10-19(18)23(24)25;20-17-9-7-16(8-10-17)4-3-11-21-12-14-22(15-13-21)18-5-1-2-6-19(18)23(24)25;1-16-15-22(19-18(23(24)25)10-5-11-20-19)14-13-21(16)12-6-9-17-7-3-2-4-8-17/h2-3,6-11H,12-16H2,1H3;1-4,6,8-10H,11-15H2;1-2,5-10H,11-15H2;2-5,7-8,10-11,16H,12-15H2,1H3. The number of anilines is 4. The van der Waals surface area contributed by atoms with Crippen molar-refractivity contribution in [3.8, 4) is 47.4 Å². The smallest absolute Gasteiger partial charge is 0.311 e. The Bertz CT molecular complexity index is 4190. The predicted molar refractivity (Wildman–Crippen MR) is 387 cm³/mol. The van der Waals surface area contributed by atoms with Crippen LogP contribution in [0, 0.1) is 106 Å². The molecule has 512 valence electrons. The third-order valence-corrected chi connectivity index (χ3v) is 17.1. The van der Waals surface area contributed by atoms with Gasteiger partial charge < -0.3 is 19.6 Å². The van der Waals surface area contributed by atoms with Crippen LogP contribution in [0.5, 0.6) is 0 Å². The summed E-state index contributed by atoms with van der Waals surface area (Å²) >= 11 is 0. The normalized spacial score (nSPS) is 15.4. The first-order valence-electron chi connectivity index (χ1n) is 32.8. The quantitative estimate of drug-likeness (QED) is 0.0632. The Hall–Kier alpha value is -11.6. The van der Waals surface area contributed by atoms with Gasteiger partial charge >= 0.3 is 5.69 Å². The number of aromatic nitrogens is 1. The van der Waals surface area contributed by atoms with Gasteiger partial charge in [0.2, 0.25) is 5.82 Å². The lowest BCUT2D eigenvalue weighted by molar-refractivity contribution is -0.384. The van der Waals surface area contributed by atoms with Gasteiger partial charge in [0.25, 0.3) is 17.1 Å². The molecule has 23 heteroatoms. The Balaban J connectivity index is 0.000000156. The van der Waals surface area contributed by atoms with Crippen molar-refractivity contribution >= 4 is 45.6 Å². The summed E-state index contributed by atoms with van der Waals surface area (Å²) in [5.74, 6) is 24.7. The summed E-state index contributed by atoms with van der Waals surface area (Å²) in [6.45, 7) is 18.2. The maximum Gasteiger partial charge on any atom is 0.311 e. The molecule has 100 heavy (non-hydrogen) atoms. The fourth-order valence-electron chi connectivity index (χ4n) is 11.5. The number of hydrogen-bond acceptors (Lipinski definition) is 17. The highest BCUT2D eigenvalue weighted by Crippen LogP contribution is 2.32. The van der Waals surface area contributed by atoms with E-state index in [9.17, 15) is 49.2 Å². The Morgan fingerprint density at radius 1 is 0.400 bits per heavy atom. The van der Waals surface area contributed by atoms with Gasteiger partial charge in [-0.2, -0.15) is 0 Å². The molecule has 4 saturated heterocycles. The Morgan fingerprint density at radius 3 is 1.21 bits per heavy atom. The van der Waals surface area contributed by atoms with Crippen LogP contribution in [0.15, 0.2) is 194 Å². The summed E-state index contributed by atoms with van der Waals surface area (Å²) < 4.78 is 26.4. The molecule has 1 atom stereocenters. The zero-order chi connectivity index (χ0) is 70.6. The van der Waals surface area contributed by atoms with Crippen LogP contribution < -0.4 is 19.6 Å². The van der Waals surface area contributed by atoms with Gasteiger partial charge in [0, 0.05) is 151 Å². The van der Waals surface area contributed by atoms with Gasteiger partial charge in [0.1, 0.15) is 28.7 Å². The number of nitro groups is 4. The van der Waals surface area contributed by atoms with E-state index >= 15 is 0 Å². The summed E-state index contributed by atoms with van der Waals surface area (Å²) in [4.78, 5) is 64.6. The molecule has 4 aliphatic heterocycles. The Morgan fingerprint density at radius 2 is 0.770 bits per heavy atom. The largest absolute Gasteiger partial charge is 0.363 e. The van der Waals surface area contributed by atoms with Crippen LogP contribution in [-0.4, -0.2) is 175 Å². The van der Waals surface area contributed by atoms with Crippen molar-refractivity contribution < 1.29 is 28.5 Å². The number of nitrogens with zero attached hydrogens (tertiary/aromatic N) is 13. The first-order valence-corrected chi connectivity index (χ1v) is 32.8. The van der Waals surface area contributed by atoms with E-state index in [1.807, 2.05) is 81.4 Å². The molecule has 0 radical (unpaired) electrons. The molecule has 4 aliphatic rings. The summed E-state index contributed by atoms with van der Waals surface area (Å²) in [6.07, 6.45) is 1.60. The second kappa shape index (κ2) is 37.2. The van der Waals surface area contributed by atoms with Gasteiger partial charge in [-0.15, -0.1) is 0 Å². The summed E-state index contributed by atoms with van der Waals surface area (Å²) in [5, 5.41) is 44.7. The number of pyridine rings is 1.